The van der Waals surface area contributed by atoms with Gasteiger partial charge in [-0.1, -0.05) is 0 Å². The van der Waals surface area contributed by atoms with Gasteiger partial charge in [-0.15, -0.1) is 0 Å². The van der Waals surface area contributed by atoms with E-state index in [9.17, 15) is 4.79 Å². The summed E-state index contributed by atoms with van der Waals surface area (Å²) in [7, 11) is 0.525. The third kappa shape index (κ3) is 1.93. The van der Waals surface area contributed by atoms with Gasteiger partial charge in [-0.05, 0) is 34.8 Å². The molecule has 1 saturated heterocycles. The maximum absolute atomic E-state index is 11.1. The highest BCUT2D eigenvalue weighted by Gasteiger charge is 2.20. The molecule has 0 aromatic carbocycles. The monoisotopic (exact) mass is 160 g/mol. The van der Waals surface area contributed by atoms with Crippen LogP contribution >= 0.6 is 8.73 Å². The number of amides is 1. The first-order valence-electron chi connectivity index (χ1n) is 3.54. The average Bonchev–Trinajstić information content (AvgIpc) is 2.38. The van der Waals surface area contributed by atoms with Gasteiger partial charge in [-0.3, -0.25) is 4.79 Å². The highest BCUT2D eigenvalue weighted by atomic mass is 31.1. The zero-order valence-corrected chi connectivity index (χ0v) is 7.11. The molecule has 4 heteroatoms. The minimum atomic E-state index is 0.0902. The molecule has 1 heterocycles. The van der Waals surface area contributed by atoms with E-state index in [4.69, 9.17) is 0 Å². The number of hydrogen-bond donors (Lipinski definition) is 2. The quantitative estimate of drug-likeness (QED) is 0.561. The topological polar surface area (TPSA) is 41.1 Å². The van der Waals surface area contributed by atoms with Gasteiger partial charge in [0.2, 0.25) is 5.91 Å². The van der Waals surface area contributed by atoms with Crippen LogP contribution in [0.15, 0.2) is 0 Å². The Morgan fingerprint density at radius 2 is 2.60 bits per heavy atom. The van der Waals surface area contributed by atoms with Crippen LogP contribution in [0.2, 0.25) is 0 Å². The lowest BCUT2D eigenvalue weighted by atomic mass is 10.2. The van der Waals surface area contributed by atoms with Crippen LogP contribution in [0, 0.1) is 0 Å². The molecule has 3 nitrogen and oxygen atoms in total. The van der Waals surface area contributed by atoms with Crippen molar-refractivity contribution >= 4 is 14.6 Å². The summed E-state index contributed by atoms with van der Waals surface area (Å²) in [5.74, 6) is 0.165. The summed E-state index contributed by atoms with van der Waals surface area (Å²) in [4.78, 5) is 11.1. The van der Waals surface area contributed by atoms with E-state index in [-0.39, 0.29) is 11.9 Å². The molecule has 2 unspecified atom stereocenters. The van der Waals surface area contributed by atoms with E-state index in [1.54, 1.807) is 0 Å². The minimum absolute atomic E-state index is 0.0902. The normalized spacial score (nSPS) is 25.9. The second-order valence-corrected chi connectivity index (χ2v) is 3.14. The fourth-order valence-electron chi connectivity index (χ4n) is 1.12. The van der Waals surface area contributed by atoms with Crippen LogP contribution < -0.4 is 10.4 Å². The molecule has 0 saturated carbocycles. The van der Waals surface area contributed by atoms with Crippen molar-refractivity contribution in [3.63, 3.8) is 0 Å². The molecule has 0 bridgehead atoms. The molecule has 58 valence electrons. The number of carbonyl (C=O) groups is 1. The maximum Gasteiger partial charge on any atom is 0.240 e. The predicted octanol–water partition coefficient (Wildman–Crippen LogP) is 0.0779. The van der Waals surface area contributed by atoms with Crippen LogP contribution in [-0.4, -0.2) is 25.2 Å². The average molecular weight is 160 g/mol. The van der Waals surface area contributed by atoms with Crippen LogP contribution in [0.25, 0.3) is 0 Å². The standard InChI is InChI=1S/C6H13N2OP/c1-10-8-6(9)5-3-2-4-7-5/h5,7,10H,2-4H2,1H3,(H,8,9). The summed E-state index contributed by atoms with van der Waals surface area (Å²) < 4.78 is 0. The molecule has 0 aliphatic carbocycles. The Hall–Kier alpha value is -0.140. The van der Waals surface area contributed by atoms with Gasteiger partial charge in [0.15, 0.2) is 0 Å². The van der Waals surface area contributed by atoms with Gasteiger partial charge >= 0.3 is 0 Å². The van der Waals surface area contributed by atoms with Gasteiger partial charge in [0.25, 0.3) is 0 Å². The van der Waals surface area contributed by atoms with Crippen molar-refractivity contribution in [3.05, 3.63) is 0 Å². The van der Waals surface area contributed by atoms with Gasteiger partial charge in [0.05, 0.1) is 6.04 Å². The SMILES string of the molecule is CPNC(=O)C1CCCN1. The molecule has 2 atom stereocenters. The van der Waals surface area contributed by atoms with Crippen molar-refractivity contribution in [2.75, 3.05) is 13.2 Å². The Balaban J connectivity index is 2.25. The summed E-state index contributed by atoms with van der Waals surface area (Å²) in [6, 6.07) is 0.0902. The van der Waals surface area contributed by atoms with Crippen LogP contribution in [0.4, 0.5) is 0 Å². The summed E-state index contributed by atoms with van der Waals surface area (Å²) >= 11 is 0. The Bertz CT molecular complexity index is 123. The van der Waals surface area contributed by atoms with Crippen molar-refractivity contribution in [3.8, 4) is 0 Å². The highest BCUT2D eigenvalue weighted by molar-refractivity contribution is 7.35. The van der Waals surface area contributed by atoms with Gasteiger partial charge < -0.3 is 10.4 Å². The maximum atomic E-state index is 11.1. The molecule has 0 radical (unpaired) electrons. The lowest BCUT2D eigenvalue weighted by Crippen LogP contribution is -2.36. The van der Waals surface area contributed by atoms with Crippen LogP contribution in [0.1, 0.15) is 12.8 Å². The lowest BCUT2D eigenvalue weighted by molar-refractivity contribution is -0.120. The first-order chi connectivity index (χ1) is 4.84. The number of carbonyl (C=O) groups excluding carboxylic acids is 1. The second-order valence-electron chi connectivity index (χ2n) is 2.39. The Labute approximate surface area is 62.8 Å². The summed E-state index contributed by atoms with van der Waals surface area (Å²) in [6.07, 6.45) is 2.13. The first-order valence-corrected chi connectivity index (χ1v) is 5.04. The Kier molecular flexibility index (Phi) is 3.10. The van der Waals surface area contributed by atoms with E-state index in [1.165, 1.54) is 0 Å². The summed E-state index contributed by atoms with van der Waals surface area (Å²) in [6.45, 7) is 2.96. The van der Waals surface area contributed by atoms with E-state index in [0.717, 1.165) is 19.4 Å². The lowest BCUT2D eigenvalue weighted by Gasteiger charge is -2.08. The van der Waals surface area contributed by atoms with Crippen molar-refractivity contribution in [2.24, 2.45) is 0 Å². The molecule has 1 fully saturated rings. The van der Waals surface area contributed by atoms with E-state index in [1.807, 2.05) is 6.66 Å². The molecule has 0 aromatic heterocycles. The fourth-order valence-corrected chi connectivity index (χ4v) is 1.54. The summed E-state index contributed by atoms with van der Waals surface area (Å²) in [5, 5.41) is 5.95. The van der Waals surface area contributed by atoms with Crippen molar-refractivity contribution in [1.29, 1.82) is 0 Å². The molecular weight excluding hydrogens is 147 g/mol. The van der Waals surface area contributed by atoms with Crippen LogP contribution in [-0.2, 0) is 4.79 Å². The second kappa shape index (κ2) is 3.89. The fraction of sp³-hybridized carbons (Fsp3) is 0.833. The first kappa shape index (κ1) is 7.96. The van der Waals surface area contributed by atoms with Gasteiger partial charge in [0, 0.05) is 0 Å². The van der Waals surface area contributed by atoms with E-state index >= 15 is 0 Å². The van der Waals surface area contributed by atoms with Gasteiger partial charge in [0.1, 0.15) is 0 Å². The van der Waals surface area contributed by atoms with Crippen LogP contribution in [0.5, 0.6) is 0 Å². The minimum Gasteiger partial charge on any atom is -0.337 e. The van der Waals surface area contributed by atoms with E-state index in [2.05, 4.69) is 10.4 Å². The molecule has 1 amide bonds. The summed E-state index contributed by atoms with van der Waals surface area (Å²) in [5.41, 5.74) is 0. The molecule has 0 aromatic rings. The van der Waals surface area contributed by atoms with Crippen molar-refractivity contribution in [1.82, 2.24) is 10.4 Å². The number of nitrogens with one attached hydrogen (secondary N) is 2. The van der Waals surface area contributed by atoms with E-state index < -0.39 is 0 Å². The largest absolute Gasteiger partial charge is 0.337 e. The van der Waals surface area contributed by atoms with E-state index in [0.29, 0.717) is 8.73 Å². The zero-order chi connectivity index (χ0) is 7.40. The molecular formula is C6H13N2OP. The third-order valence-corrected chi connectivity index (χ3v) is 2.12. The molecule has 1 aliphatic heterocycles. The number of rotatable bonds is 2. The molecule has 1 aliphatic rings. The Morgan fingerprint density at radius 3 is 3.10 bits per heavy atom. The van der Waals surface area contributed by atoms with Gasteiger partial charge in [-0.25, -0.2) is 0 Å². The molecule has 10 heavy (non-hydrogen) atoms. The number of hydrogen-bond acceptors (Lipinski definition) is 2. The Morgan fingerprint density at radius 1 is 1.80 bits per heavy atom. The highest BCUT2D eigenvalue weighted by Crippen LogP contribution is 2.06. The third-order valence-electron chi connectivity index (χ3n) is 1.63. The molecule has 1 rings (SSSR count). The smallest absolute Gasteiger partial charge is 0.240 e. The van der Waals surface area contributed by atoms with Crippen molar-refractivity contribution in [2.45, 2.75) is 18.9 Å². The van der Waals surface area contributed by atoms with Crippen LogP contribution in [0.3, 0.4) is 0 Å². The van der Waals surface area contributed by atoms with Crippen molar-refractivity contribution < 1.29 is 4.79 Å². The predicted molar refractivity (Wildman–Crippen MR) is 43.4 cm³/mol. The molecule has 0 spiro atoms. The zero-order valence-electron chi connectivity index (χ0n) is 6.11. The van der Waals surface area contributed by atoms with Gasteiger partial charge in [-0.2, -0.15) is 0 Å². The molecule has 2 N–H and O–H groups in total.